The third-order valence-corrected chi connectivity index (χ3v) is 8.71. The van der Waals surface area contributed by atoms with Crippen LogP contribution in [0.25, 0.3) is 0 Å². The Labute approximate surface area is 246 Å². The molecule has 2 heterocycles. The van der Waals surface area contributed by atoms with E-state index in [1.807, 2.05) is 97.1 Å². The molecule has 0 spiro atoms. The smallest absolute Gasteiger partial charge is 0.146 e. The molecule has 6 rings (SSSR count). The number of nitrogens with one attached hydrogen (secondary N) is 2. The van der Waals surface area contributed by atoms with Gasteiger partial charge in [-0.3, -0.25) is 4.79 Å². The van der Waals surface area contributed by atoms with E-state index in [0.29, 0.717) is 0 Å². The number of piperidine rings is 2. The number of methoxy groups -OCH3 is 4. The van der Waals surface area contributed by atoms with Gasteiger partial charge in [0.25, 0.3) is 0 Å². The number of hydrogen-bond donors (Lipinski definition) is 2. The molecule has 0 amide bonds. The lowest BCUT2D eigenvalue weighted by molar-refractivity contribution is -0.139. The Morgan fingerprint density at radius 1 is 0.429 bits per heavy atom. The van der Waals surface area contributed by atoms with Crippen LogP contribution in [0.5, 0.6) is 23.0 Å². The van der Waals surface area contributed by atoms with Crippen molar-refractivity contribution in [3.05, 3.63) is 119 Å². The minimum Gasteiger partial charge on any atom is -0.496 e. The van der Waals surface area contributed by atoms with E-state index in [4.69, 9.17) is 18.9 Å². The minimum absolute atomic E-state index is 0.158. The van der Waals surface area contributed by atoms with E-state index >= 15 is 4.79 Å². The zero-order chi connectivity index (χ0) is 29.2. The molecule has 0 aromatic heterocycles. The van der Waals surface area contributed by atoms with Gasteiger partial charge in [-0.15, -0.1) is 0 Å². The number of benzene rings is 4. The summed E-state index contributed by atoms with van der Waals surface area (Å²) in [5, 5.41) is 7.88. The number of ether oxygens (including phenoxy) is 4. The second-order valence-corrected chi connectivity index (χ2v) is 10.7. The van der Waals surface area contributed by atoms with Crippen LogP contribution >= 0.6 is 0 Å². The molecule has 4 aromatic carbocycles. The van der Waals surface area contributed by atoms with Gasteiger partial charge in [-0.2, -0.15) is 0 Å². The number of ketones is 1. The number of fused-ring (bicyclic) bond motifs is 2. The van der Waals surface area contributed by atoms with Crippen LogP contribution < -0.4 is 29.6 Å². The van der Waals surface area contributed by atoms with Gasteiger partial charge in [-0.25, -0.2) is 0 Å². The molecule has 7 heteroatoms. The highest BCUT2D eigenvalue weighted by Gasteiger charge is 2.56. The number of carbonyl (C=O) groups is 1. The third kappa shape index (κ3) is 4.68. The highest BCUT2D eigenvalue weighted by atomic mass is 16.5. The van der Waals surface area contributed by atoms with E-state index in [2.05, 4.69) is 10.6 Å². The van der Waals surface area contributed by atoms with Crippen LogP contribution in [0.2, 0.25) is 0 Å². The van der Waals surface area contributed by atoms with Gasteiger partial charge in [0.1, 0.15) is 28.8 Å². The van der Waals surface area contributed by atoms with Crippen molar-refractivity contribution >= 4 is 5.78 Å². The number of rotatable bonds is 8. The molecule has 0 saturated carbocycles. The zero-order valence-electron chi connectivity index (χ0n) is 24.2. The van der Waals surface area contributed by atoms with Gasteiger partial charge < -0.3 is 29.6 Å². The summed E-state index contributed by atoms with van der Waals surface area (Å²) in [6.07, 6.45) is 0. The Bertz CT molecular complexity index is 1350. The normalized spacial score (nSPS) is 25.0. The second-order valence-electron chi connectivity index (χ2n) is 10.7. The van der Waals surface area contributed by atoms with Crippen molar-refractivity contribution in [1.82, 2.24) is 10.6 Å². The van der Waals surface area contributed by atoms with Crippen LogP contribution in [-0.4, -0.2) is 34.2 Å². The predicted molar refractivity (Wildman–Crippen MR) is 161 cm³/mol. The molecule has 2 fully saturated rings. The SMILES string of the molecule is COc1ccccc1[C@H]1N[C@@H](c2ccccc2OC)C2C(=O)C1[C@H](c1ccccc1OC)N[C@H]2c1ccccc1OC. The first-order valence-corrected chi connectivity index (χ1v) is 14.2. The van der Waals surface area contributed by atoms with E-state index < -0.39 is 11.8 Å². The van der Waals surface area contributed by atoms with Crippen molar-refractivity contribution in [3.63, 3.8) is 0 Å². The number of hydrogen-bond acceptors (Lipinski definition) is 7. The van der Waals surface area contributed by atoms with Crippen molar-refractivity contribution in [1.29, 1.82) is 0 Å². The van der Waals surface area contributed by atoms with Gasteiger partial charge in [0.05, 0.1) is 40.3 Å². The zero-order valence-corrected chi connectivity index (χ0v) is 24.2. The quantitative estimate of drug-likeness (QED) is 0.272. The highest BCUT2D eigenvalue weighted by Crippen LogP contribution is 2.55. The summed E-state index contributed by atoms with van der Waals surface area (Å²) in [7, 11) is 6.66. The van der Waals surface area contributed by atoms with Gasteiger partial charge in [-0.05, 0) is 24.3 Å². The Morgan fingerprint density at radius 2 is 0.667 bits per heavy atom. The molecule has 216 valence electrons. The molecule has 2 saturated heterocycles. The molecule has 2 aliphatic rings. The maximum Gasteiger partial charge on any atom is 0.146 e. The molecule has 0 aliphatic carbocycles. The van der Waals surface area contributed by atoms with Crippen molar-refractivity contribution < 1.29 is 23.7 Å². The van der Waals surface area contributed by atoms with Gasteiger partial charge in [-0.1, -0.05) is 72.8 Å². The molecular formula is C35H36N2O5. The molecule has 7 nitrogen and oxygen atoms in total. The fraction of sp³-hybridized carbons (Fsp3) is 0.286. The Kier molecular flexibility index (Phi) is 7.87. The molecule has 2 N–H and O–H groups in total. The Hall–Kier alpha value is -4.33. The van der Waals surface area contributed by atoms with Crippen LogP contribution in [0, 0.1) is 11.8 Å². The highest BCUT2D eigenvalue weighted by molar-refractivity contribution is 5.89. The fourth-order valence-corrected chi connectivity index (χ4v) is 6.89. The van der Waals surface area contributed by atoms with Gasteiger partial charge in [0.2, 0.25) is 0 Å². The summed E-state index contributed by atoms with van der Waals surface area (Å²) in [6.45, 7) is 0. The molecule has 4 aromatic rings. The molecule has 2 bridgehead atoms. The Balaban J connectivity index is 1.59. The number of Topliss-reactive ketones (excluding diaryl/α,β-unsaturated/α-hetero) is 1. The van der Waals surface area contributed by atoms with Crippen molar-refractivity contribution in [3.8, 4) is 23.0 Å². The lowest BCUT2D eigenvalue weighted by atomic mass is 9.63. The third-order valence-electron chi connectivity index (χ3n) is 8.71. The molecule has 2 aliphatic heterocycles. The lowest BCUT2D eigenvalue weighted by Crippen LogP contribution is -2.60. The van der Waals surface area contributed by atoms with Gasteiger partial charge in [0.15, 0.2) is 0 Å². The average molecular weight is 565 g/mol. The maximum atomic E-state index is 15.1. The summed E-state index contributed by atoms with van der Waals surface area (Å²) in [5.74, 6) is 2.15. The average Bonchev–Trinajstić information content (AvgIpc) is 3.05. The maximum absolute atomic E-state index is 15.1. The van der Waals surface area contributed by atoms with E-state index in [1.54, 1.807) is 28.4 Å². The first-order chi connectivity index (χ1) is 20.6. The molecule has 42 heavy (non-hydrogen) atoms. The second kappa shape index (κ2) is 11.9. The monoisotopic (exact) mass is 564 g/mol. The summed E-state index contributed by atoms with van der Waals surface area (Å²) in [6, 6.07) is 30.2. The van der Waals surface area contributed by atoms with Crippen LogP contribution in [0.1, 0.15) is 46.4 Å². The molecule has 6 atom stereocenters. The standard InChI is InChI=1S/C35H36N2O5/c1-39-25-17-9-5-13-21(25)31-29-32(22-14-6-10-18-26(22)40-2)37-34(24-16-8-12-20-28(24)42-4)30(35(29)38)33(36-31)23-15-7-11-19-27(23)41-3/h5-20,29-34,36-37H,1-4H3/t29?,30?,31-,32-,33-,34+/m0/s1. The van der Waals surface area contributed by atoms with E-state index in [-0.39, 0.29) is 30.0 Å². The number of carbonyl (C=O) groups excluding carboxylic acids is 1. The number of para-hydroxylation sites is 4. The molecule has 2 unspecified atom stereocenters. The summed E-state index contributed by atoms with van der Waals surface area (Å²) < 4.78 is 23.3. The van der Waals surface area contributed by atoms with Crippen LogP contribution in [0.4, 0.5) is 0 Å². The summed E-state index contributed by atoms with van der Waals surface area (Å²) in [5.41, 5.74) is 3.70. The van der Waals surface area contributed by atoms with Gasteiger partial charge in [0, 0.05) is 46.4 Å². The molecule has 0 radical (unpaired) electrons. The Morgan fingerprint density at radius 3 is 0.905 bits per heavy atom. The summed E-state index contributed by atoms with van der Waals surface area (Å²) >= 11 is 0. The van der Waals surface area contributed by atoms with E-state index in [0.717, 1.165) is 45.3 Å². The van der Waals surface area contributed by atoms with E-state index in [1.165, 1.54) is 0 Å². The van der Waals surface area contributed by atoms with Crippen molar-refractivity contribution in [2.24, 2.45) is 11.8 Å². The van der Waals surface area contributed by atoms with E-state index in [9.17, 15) is 0 Å². The van der Waals surface area contributed by atoms with Gasteiger partial charge >= 0.3 is 0 Å². The molecular weight excluding hydrogens is 528 g/mol. The van der Waals surface area contributed by atoms with Crippen molar-refractivity contribution in [2.75, 3.05) is 28.4 Å². The minimum atomic E-state index is -0.459. The first kappa shape index (κ1) is 27.8. The predicted octanol–water partition coefficient (Wildman–Crippen LogP) is 5.99. The lowest BCUT2D eigenvalue weighted by Gasteiger charge is -2.53. The van der Waals surface area contributed by atoms with Crippen LogP contribution in [0.15, 0.2) is 97.1 Å². The summed E-state index contributed by atoms with van der Waals surface area (Å²) in [4.78, 5) is 15.1. The van der Waals surface area contributed by atoms with Crippen molar-refractivity contribution in [2.45, 2.75) is 24.2 Å². The largest absolute Gasteiger partial charge is 0.496 e. The fourth-order valence-electron chi connectivity index (χ4n) is 6.89. The topological polar surface area (TPSA) is 78.1 Å². The van der Waals surface area contributed by atoms with Crippen LogP contribution in [0.3, 0.4) is 0 Å². The first-order valence-electron chi connectivity index (χ1n) is 14.2. The van der Waals surface area contributed by atoms with Crippen LogP contribution in [-0.2, 0) is 4.79 Å².